The number of nitrogens with two attached hydrogens (primary N) is 1. The number of ether oxygens (including phenoxy) is 1. The molecule has 2 aromatic rings. The van der Waals surface area contributed by atoms with E-state index in [0.717, 1.165) is 17.8 Å². The van der Waals surface area contributed by atoms with Gasteiger partial charge in [-0.2, -0.15) is 5.10 Å². The number of carbonyl (C=O) groups excluding carboxylic acids is 5. The number of halogens is 1. The van der Waals surface area contributed by atoms with E-state index in [1.807, 2.05) is 13.8 Å². The minimum Gasteiger partial charge on any atom is -0.491 e. The van der Waals surface area contributed by atoms with Crippen LogP contribution in [0.25, 0.3) is 0 Å². The van der Waals surface area contributed by atoms with Crippen molar-refractivity contribution in [2.75, 3.05) is 32.8 Å². The topological polar surface area (TPSA) is 178 Å². The van der Waals surface area contributed by atoms with Crippen molar-refractivity contribution in [3.05, 3.63) is 47.0 Å². The minimum absolute atomic E-state index is 0.00741. The molecule has 1 aromatic heterocycles. The lowest BCUT2D eigenvalue weighted by molar-refractivity contribution is -0.123. The Kier molecular flexibility index (Phi) is 11.4. The molecule has 228 valence electrons. The maximum Gasteiger partial charge on any atom is 0.272 e. The Morgan fingerprint density at radius 3 is 2.60 bits per heavy atom. The molecule has 13 nitrogen and oxygen atoms in total. The molecule has 1 aliphatic heterocycles. The maximum absolute atomic E-state index is 14.0. The first-order valence-corrected chi connectivity index (χ1v) is 13.9. The Morgan fingerprint density at radius 2 is 1.90 bits per heavy atom. The van der Waals surface area contributed by atoms with Crippen LogP contribution in [0.2, 0.25) is 0 Å². The number of aromatic nitrogens is 2. The molecule has 14 heteroatoms. The van der Waals surface area contributed by atoms with Gasteiger partial charge in [0.2, 0.25) is 17.7 Å². The number of amides is 5. The molecule has 1 atom stereocenters. The highest BCUT2D eigenvalue weighted by atomic mass is 19.1. The molecular weight excluding hydrogens is 549 g/mol. The van der Waals surface area contributed by atoms with E-state index in [4.69, 9.17) is 10.5 Å². The predicted octanol–water partition coefficient (Wildman–Crippen LogP) is 0.594. The zero-order valence-corrected chi connectivity index (χ0v) is 24.1. The molecule has 5 amide bonds. The number of fused-ring (bicyclic) bond motifs is 1. The van der Waals surface area contributed by atoms with Crippen molar-refractivity contribution in [3.63, 3.8) is 0 Å². The lowest BCUT2D eigenvalue weighted by Crippen LogP contribution is -2.49. The van der Waals surface area contributed by atoms with Crippen LogP contribution >= 0.6 is 0 Å². The van der Waals surface area contributed by atoms with Crippen LogP contribution in [0.15, 0.2) is 24.3 Å². The fraction of sp³-hybridized carbons (Fsp3) is 0.500. The van der Waals surface area contributed by atoms with Gasteiger partial charge in [-0.15, -0.1) is 0 Å². The van der Waals surface area contributed by atoms with Crippen LogP contribution in [0.4, 0.5) is 4.39 Å². The number of benzene rings is 1. The molecule has 0 radical (unpaired) electrons. The van der Waals surface area contributed by atoms with Crippen molar-refractivity contribution in [1.82, 2.24) is 30.6 Å². The summed E-state index contributed by atoms with van der Waals surface area (Å²) in [6.07, 6.45) is 0.215. The van der Waals surface area contributed by atoms with E-state index in [1.165, 1.54) is 15.6 Å². The van der Waals surface area contributed by atoms with Gasteiger partial charge in [0.05, 0.1) is 17.8 Å². The molecule has 1 aromatic carbocycles. The summed E-state index contributed by atoms with van der Waals surface area (Å²) in [5.41, 5.74) is 6.23. The number of hydrogen-bond donors (Lipinski definition) is 4. The van der Waals surface area contributed by atoms with Crippen molar-refractivity contribution in [2.24, 2.45) is 12.8 Å². The first-order chi connectivity index (χ1) is 20.0. The number of hydrogen-bond acceptors (Lipinski definition) is 7. The third-order valence-corrected chi connectivity index (χ3v) is 6.68. The molecule has 0 fully saturated rings. The highest BCUT2D eigenvalue weighted by molar-refractivity contribution is 6.00. The SMILES string of the molecule is CC(C)c1cc(C(=O)N2CCCC(=O)NCCOc3ccc(F)cc3C(=O)N[C@@H](CCC(N)=O)C(=O)NCC2)n(C)n1. The number of carbonyl (C=O) groups is 5. The Hall–Kier alpha value is -4.49. The average molecular weight is 588 g/mol. The number of nitrogens with zero attached hydrogens (tertiary/aromatic N) is 3. The molecule has 0 saturated carbocycles. The predicted molar refractivity (Wildman–Crippen MR) is 150 cm³/mol. The summed E-state index contributed by atoms with van der Waals surface area (Å²) in [5.74, 6) is -3.16. The monoisotopic (exact) mass is 587 g/mol. The summed E-state index contributed by atoms with van der Waals surface area (Å²) in [6.45, 7) is 4.41. The lowest BCUT2D eigenvalue weighted by Gasteiger charge is -2.24. The summed E-state index contributed by atoms with van der Waals surface area (Å²) in [5, 5.41) is 12.4. The third-order valence-electron chi connectivity index (χ3n) is 6.68. The molecule has 2 heterocycles. The molecule has 0 aliphatic carbocycles. The fourth-order valence-corrected chi connectivity index (χ4v) is 4.35. The first-order valence-electron chi connectivity index (χ1n) is 13.9. The zero-order chi connectivity index (χ0) is 30.8. The highest BCUT2D eigenvalue weighted by Gasteiger charge is 2.26. The molecular formula is C28H38FN7O6. The van der Waals surface area contributed by atoms with Gasteiger partial charge < -0.3 is 31.3 Å². The van der Waals surface area contributed by atoms with Crippen LogP contribution in [0.3, 0.4) is 0 Å². The van der Waals surface area contributed by atoms with E-state index < -0.39 is 29.6 Å². The largest absolute Gasteiger partial charge is 0.491 e. The molecule has 3 rings (SSSR count). The fourth-order valence-electron chi connectivity index (χ4n) is 4.35. The van der Waals surface area contributed by atoms with Crippen LogP contribution < -0.4 is 26.4 Å². The van der Waals surface area contributed by atoms with Gasteiger partial charge in [0, 0.05) is 39.5 Å². The van der Waals surface area contributed by atoms with Crippen LogP contribution in [0.1, 0.15) is 72.0 Å². The summed E-state index contributed by atoms with van der Waals surface area (Å²) in [7, 11) is 1.68. The quantitative estimate of drug-likeness (QED) is 0.396. The van der Waals surface area contributed by atoms with Gasteiger partial charge in [0.25, 0.3) is 11.8 Å². The van der Waals surface area contributed by atoms with Crippen molar-refractivity contribution in [3.8, 4) is 5.75 Å². The molecule has 42 heavy (non-hydrogen) atoms. The van der Waals surface area contributed by atoms with Gasteiger partial charge in [-0.1, -0.05) is 13.8 Å². The van der Waals surface area contributed by atoms with Crippen molar-refractivity contribution in [1.29, 1.82) is 0 Å². The number of rotatable bonds is 5. The van der Waals surface area contributed by atoms with Gasteiger partial charge in [0.15, 0.2) is 0 Å². The van der Waals surface area contributed by atoms with E-state index in [-0.39, 0.29) is 81.1 Å². The van der Waals surface area contributed by atoms with E-state index in [2.05, 4.69) is 21.0 Å². The van der Waals surface area contributed by atoms with Crippen LogP contribution in [-0.4, -0.2) is 83.0 Å². The third kappa shape index (κ3) is 9.01. The van der Waals surface area contributed by atoms with Crippen LogP contribution in [0, 0.1) is 5.82 Å². The Morgan fingerprint density at radius 1 is 1.14 bits per heavy atom. The molecule has 0 spiro atoms. The number of aryl methyl sites for hydroxylation is 1. The summed E-state index contributed by atoms with van der Waals surface area (Å²) < 4.78 is 21.1. The lowest BCUT2D eigenvalue weighted by atomic mass is 10.1. The van der Waals surface area contributed by atoms with Crippen molar-refractivity contribution >= 4 is 29.5 Å². The molecule has 1 aliphatic rings. The van der Waals surface area contributed by atoms with Gasteiger partial charge in [0.1, 0.15) is 29.9 Å². The summed E-state index contributed by atoms with van der Waals surface area (Å²) in [6, 6.07) is 3.92. The van der Waals surface area contributed by atoms with Gasteiger partial charge >= 0.3 is 0 Å². The Bertz CT molecular complexity index is 1310. The summed E-state index contributed by atoms with van der Waals surface area (Å²) in [4.78, 5) is 65.0. The average Bonchev–Trinajstić information content (AvgIpc) is 3.33. The zero-order valence-electron chi connectivity index (χ0n) is 24.1. The standard InChI is InChI=1S/C28H38FN7O6/c1-17(2)21-16-22(35(3)34-21)28(41)36-12-4-5-25(38)31-11-14-42-23-8-6-18(29)15-19(23)26(39)33-20(7-9-24(30)37)27(40)32-10-13-36/h6,8,15-17,20H,4-5,7,9-14H2,1-3H3,(H2,30,37)(H,31,38)(H,32,40)(H,33,39)/t20-/m0/s1. The second-order valence-corrected chi connectivity index (χ2v) is 10.3. The summed E-state index contributed by atoms with van der Waals surface area (Å²) >= 11 is 0. The molecule has 0 unspecified atom stereocenters. The van der Waals surface area contributed by atoms with Gasteiger partial charge in [-0.25, -0.2) is 4.39 Å². The van der Waals surface area contributed by atoms with Gasteiger partial charge in [-0.05, 0) is 43.0 Å². The van der Waals surface area contributed by atoms with E-state index in [9.17, 15) is 28.4 Å². The Balaban J connectivity index is 1.84. The number of nitrogens with one attached hydrogen (secondary N) is 3. The molecule has 5 N–H and O–H groups in total. The van der Waals surface area contributed by atoms with E-state index >= 15 is 0 Å². The smallest absolute Gasteiger partial charge is 0.272 e. The normalized spacial score (nSPS) is 17.7. The van der Waals surface area contributed by atoms with E-state index in [1.54, 1.807) is 13.1 Å². The van der Waals surface area contributed by atoms with E-state index in [0.29, 0.717) is 12.1 Å². The van der Waals surface area contributed by atoms with Crippen molar-refractivity contribution < 1.29 is 33.1 Å². The minimum atomic E-state index is -1.17. The molecule has 0 saturated heterocycles. The second kappa shape index (κ2) is 14.9. The maximum atomic E-state index is 14.0. The van der Waals surface area contributed by atoms with Gasteiger partial charge in [-0.3, -0.25) is 28.7 Å². The van der Waals surface area contributed by atoms with Crippen LogP contribution in [0.5, 0.6) is 5.75 Å². The number of primary amides is 1. The molecule has 0 bridgehead atoms. The highest BCUT2D eigenvalue weighted by Crippen LogP contribution is 2.20. The van der Waals surface area contributed by atoms with Crippen LogP contribution in [-0.2, 0) is 21.4 Å². The second-order valence-electron chi connectivity index (χ2n) is 10.3. The van der Waals surface area contributed by atoms with Crippen molar-refractivity contribution in [2.45, 2.75) is 51.5 Å². The Labute approximate surface area is 243 Å². The first kappa shape index (κ1) is 32.0.